The van der Waals surface area contributed by atoms with Gasteiger partial charge in [0.1, 0.15) is 5.82 Å². The molecule has 1 aromatic carbocycles. The highest BCUT2D eigenvalue weighted by molar-refractivity contribution is 6.12. The molecule has 0 fully saturated rings. The van der Waals surface area contributed by atoms with Crippen LogP contribution in [0.4, 0.5) is 16.0 Å². The molecule has 0 N–H and O–H groups in total. The summed E-state index contributed by atoms with van der Waals surface area (Å²) in [6, 6.07) is 5.32. The SMILES string of the molecule is CC(=O)OC1C(=O)c2ccc(F)cc2N1c1ncccn1. The molecule has 2 heterocycles. The summed E-state index contributed by atoms with van der Waals surface area (Å²) in [5, 5.41) is 0. The fraction of sp³-hybridized carbons (Fsp3) is 0.143. The van der Waals surface area contributed by atoms with Crippen LogP contribution in [0.2, 0.25) is 0 Å². The van der Waals surface area contributed by atoms with Crippen molar-refractivity contribution in [1.29, 1.82) is 0 Å². The molecule has 2 aromatic rings. The number of aromatic nitrogens is 2. The molecule has 0 spiro atoms. The predicted molar refractivity (Wildman–Crippen MR) is 70.5 cm³/mol. The maximum Gasteiger partial charge on any atom is 0.304 e. The van der Waals surface area contributed by atoms with Gasteiger partial charge in [0.15, 0.2) is 0 Å². The lowest BCUT2D eigenvalue weighted by atomic mass is 10.1. The summed E-state index contributed by atoms with van der Waals surface area (Å²) < 4.78 is 18.5. The van der Waals surface area contributed by atoms with Crippen LogP contribution in [-0.4, -0.2) is 27.9 Å². The molecule has 0 saturated carbocycles. The number of carbonyl (C=O) groups is 2. The smallest absolute Gasteiger partial charge is 0.304 e. The third-order valence-corrected chi connectivity index (χ3v) is 2.99. The number of fused-ring (bicyclic) bond motifs is 1. The van der Waals surface area contributed by atoms with Gasteiger partial charge in [-0.05, 0) is 24.3 Å². The minimum Gasteiger partial charge on any atom is -0.433 e. The van der Waals surface area contributed by atoms with Gasteiger partial charge in [-0.3, -0.25) is 14.5 Å². The van der Waals surface area contributed by atoms with Crippen LogP contribution in [-0.2, 0) is 9.53 Å². The van der Waals surface area contributed by atoms with Gasteiger partial charge in [-0.1, -0.05) is 0 Å². The number of rotatable bonds is 2. The van der Waals surface area contributed by atoms with Crippen LogP contribution in [0.5, 0.6) is 0 Å². The van der Waals surface area contributed by atoms with Crippen LogP contribution in [0.1, 0.15) is 17.3 Å². The molecule has 1 atom stereocenters. The number of nitrogens with zero attached hydrogens (tertiary/aromatic N) is 3. The maximum atomic E-state index is 13.5. The second-order valence-electron chi connectivity index (χ2n) is 4.41. The first kappa shape index (κ1) is 13.2. The lowest BCUT2D eigenvalue weighted by Crippen LogP contribution is -2.36. The van der Waals surface area contributed by atoms with Crippen molar-refractivity contribution in [2.45, 2.75) is 13.2 Å². The molecular formula is C14H10FN3O3. The number of ether oxygens (including phenoxy) is 1. The summed E-state index contributed by atoms with van der Waals surface area (Å²) in [6.07, 6.45) is 1.74. The van der Waals surface area contributed by atoms with Gasteiger partial charge in [-0.25, -0.2) is 14.4 Å². The Balaban J connectivity index is 2.15. The Morgan fingerprint density at radius 1 is 1.33 bits per heavy atom. The molecule has 1 unspecified atom stereocenters. The first-order valence-corrected chi connectivity index (χ1v) is 6.15. The Labute approximate surface area is 119 Å². The lowest BCUT2D eigenvalue weighted by molar-refractivity contribution is -0.143. The highest BCUT2D eigenvalue weighted by Crippen LogP contribution is 2.37. The summed E-state index contributed by atoms with van der Waals surface area (Å²) >= 11 is 0. The monoisotopic (exact) mass is 287 g/mol. The number of anilines is 2. The fourth-order valence-corrected chi connectivity index (χ4v) is 2.18. The van der Waals surface area contributed by atoms with Crippen LogP contribution < -0.4 is 4.90 Å². The van der Waals surface area contributed by atoms with Crippen molar-refractivity contribution >= 4 is 23.4 Å². The molecule has 0 saturated heterocycles. The van der Waals surface area contributed by atoms with Crippen LogP contribution >= 0.6 is 0 Å². The molecule has 7 heteroatoms. The molecule has 0 amide bonds. The van der Waals surface area contributed by atoms with E-state index in [1.807, 2.05) is 0 Å². The summed E-state index contributed by atoms with van der Waals surface area (Å²) in [4.78, 5) is 32.9. The van der Waals surface area contributed by atoms with E-state index in [1.165, 1.54) is 42.4 Å². The minimum absolute atomic E-state index is 0.154. The number of hydrogen-bond donors (Lipinski definition) is 0. The molecular weight excluding hydrogens is 277 g/mol. The van der Waals surface area contributed by atoms with Gasteiger partial charge in [-0.2, -0.15) is 0 Å². The highest BCUT2D eigenvalue weighted by Gasteiger charge is 2.42. The van der Waals surface area contributed by atoms with E-state index in [9.17, 15) is 14.0 Å². The molecule has 0 aliphatic carbocycles. The zero-order valence-corrected chi connectivity index (χ0v) is 11.0. The van der Waals surface area contributed by atoms with Gasteiger partial charge in [0.25, 0.3) is 0 Å². The van der Waals surface area contributed by atoms with Gasteiger partial charge < -0.3 is 4.74 Å². The number of carbonyl (C=O) groups excluding carboxylic acids is 2. The summed E-state index contributed by atoms with van der Waals surface area (Å²) in [5.74, 6) is -1.41. The molecule has 3 rings (SSSR count). The average Bonchev–Trinajstić information content (AvgIpc) is 2.72. The molecule has 0 radical (unpaired) electrons. The number of ketones is 1. The van der Waals surface area contributed by atoms with E-state index in [2.05, 4.69) is 9.97 Å². The normalized spacial score (nSPS) is 16.8. The van der Waals surface area contributed by atoms with Crippen molar-refractivity contribution in [3.8, 4) is 0 Å². The second-order valence-corrected chi connectivity index (χ2v) is 4.41. The largest absolute Gasteiger partial charge is 0.433 e. The quantitative estimate of drug-likeness (QED) is 0.785. The van der Waals surface area contributed by atoms with E-state index in [0.29, 0.717) is 0 Å². The van der Waals surface area contributed by atoms with E-state index < -0.39 is 23.8 Å². The minimum atomic E-state index is -1.22. The van der Waals surface area contributed by atoms with Gasteiger partial charge in [0, 0.05) is 24.9 Å². The van der Waals surface area contributed by atoms with Crippen molar-refractivity contribution in [3.05, 3.63) is 48.0 Å². The molecule has 1 aliphatic rings. The molecule has 106 valence electrons. The van der Waals surface area contributed by atoms with Crippen molar-refractivity contribution in [3.63, 3.8) is 0 Å². The number of esters is 1. The Morgan fingerprint density at radius 2 is 2.05 bits per heavy atom. The second kappa shape index (κ2) is 4.93. The van der Waals surface area contributed by atoms with Crippen molar-refractivity contribution < 1.29 is 18.7 Å². The van der Waals surface area contributed by atoms with E-state index >= 15 is 0 Å². The molecule has 0 bridgehead atoms. The maximum absolute atomic E-state index is 13.5. The van der Waals surface area contributed by atoms with Crippen LogP contribution in [0, 0.1) is 5.82 Å². The zero-order valence-electron chi connectivity index (χ0n) is 11.0. The molecule has 21 heavy (non-hydrogen) atoms. The van der Waals surface area contributed by atoms with Gasteiger partial charge in [0.2, 0.25) is 18.0 Å². The third kappa shape index (κ3) is 2.22. The van der Waals surface area contributed by atoms with E-state index in [0.717, 1.165) is 0 Å². The first-order valence-electron chi connectivity index (χ1n) is 6.15. The Bertz CT molecular complexity index is 721. The number of Topliss-reactive ketones (excluding diaryl/α,β-unsaturated/α-hetero) is 1. The Hall–Kier alpha value is -2.83. The first-order chi connectivity index (χ1) is 10.1. The lowest BCUT2D eigenvalue weighted by Gasteiger charge is -2.23. The molecule has 1 aliphatic heterocycles. The average molecular weight is 287 g/mol. The highest BCUT2D eigenvalue weighted by atomic mass is 19.1. The summed E-state index contributed by atoms with van der Waals surface area (Å²) in [5.41, 5.74) is 0.535. The van der Waals surface area contributed by atoms with Gasteiger partial charge >= 0.3 is 5.97 Å². The van der Waals surface area contributed by atoms with E-state index in [4.69, 9.17) is 4.74 Å². The van der Waals surface area contributed by atoms with Crippen molar-refractivity contribution in [1.82, 2.24) is 9.97 Å². The van der Waals surface area contributed by atoms with Crippen molar-refractivity contribution in [2.24, 2.45) is 0 Å². The summed E-state index contributed by atoms with van der Waals surface area (Å²) in [7, 11) is 0. The third-order valence-electron chi connectivity index (χ3n) is 2.99. The van der Waals surface area contributed by atoms with Gasteiger partial charge in [-0.15, -0.1) is 0 Å². The summed E-state index contributed by atoms with van der Waals surface area (Å²) in [6.45, 7) is 1.20. The van der Waals surface area contributed by atoms with E-state index in [1.54, 1.807) is 6.07 Å². The molecule has 1 aromatic heterocycles. The topological polar surface area (TPSA) is 72.4 Å². The number of halogens is 1. The number of benzene rings is 1. The zero-order chi connectivity index (χ0) is 15.0. The van der Waals surface area contributed by atoms with Crippen LogP contribution in [0.25, 0.3) is 0 Å². The predicted octanol–water partition coefficient (Wildman–Crippen LogP) is 1.84. The van der Waals surface area contributed by atoms with Crippen molar-refractivity contribution in [2.75, 3.05) is 4.90 Å². The van der Waals surface area contributed by atoms with Gasteiger partial charge in [0.05, 0.1) is 5.69 Å². The Kier molecular flexibility index (Phi) is 3.09. The van der Waals surface area contributed by atoms with E-state index in [-0.39, 0.29) is 17.2 Å². The van der Waals surface area contributed by atoms with Crippen LogP contribution in [0.3, 0.4) is 0 Å². The fourth-order valence-electron chi connectivity index (χ4n) is 2.18. The number of hydrogen-bond acceptors (Lipinski definition) is 6. The standard InChI is InChI=1S/C14H10FN3O3/c1-8(19)21-13-12(20)10-4-3-9(15)7-11(10)18(13)14-16-5-2-6-17-14/h2-7,13H,1H3. The van der Waals surface area contributed by atoms with Crippen LogP contribution in [0.15, 0.2) is 36.7 Å². The Morgan fingerprint density at radius 3 is 2.71 bits per heavy atom. The molecule has 6 nitrogen and oxygen atoms in total.